The molecule has 0 atom stereocenters. The van der Waals surface area contributed by atoms with Gasteiger partial charge in [0.05, 0.1) is 22.8 Å². The number of hydrogen-bond donors (Lipinski definition) is 1. The van der Waals surface area contributed by atoms with Gasteiger partial charge in [-0.05, 0) is 32.9 Å². The summed E-state index contributed by atoms with van der Waals surface area (Å²) in [7, 11) is -3.78. The molecule has 0 saturated carbocycles. The number of aromatic nitrogens is 4. The summed E-state index contributed by atoms with van der Waals surface area (Å²) in [4.78, 5) is 13.3. The Balaban J connectivity index is 1.60. The average molecular weight is 416 g/mol. The fourth-order valence-corrected chi connectivity index (χ4v) is 4.45. The van der Waals surface area contributed by atoms with E-state index < -0.39 is 10.0 Å². The van der Waals surface area contributed by atoms with E-state index in [1.807, 2.05) is 21.8 Å². The van der Waals surface area contributed by atoms with Crippen LogP contribution >= 0.6 is 0 Å². The van der Waals surface area contributed by atoms with Gasteiger partial charge in [-0.3, -0.25) is 0 Å². The number of para-hydroxylation sites is 1. The number of nitrogens with two attached hydrogens (primary N) is 1. The van der Waals surface area contributed by atoms with Gasteiger partial charge in [-0.1, -0.05) is 12.1 Å². The van der Waals surface area contributed by atoms with E-state index in [2.05, 4.69) is 40.7 Å². The standard InChI is InChI=1S/C19H25N7O2S/c1-19(2,3)26-18-14(12-23-26)17(21-13-22-18)25-10-8-24(9-11-25)15-6-4-5-7-16(15)29(20,27)28/h4-7,12-13H,8-11H2,1-3H3,(H2,20,27,28). The zero-order valence-corrected chi connectivity index (χ0v) is 17.6. The minimum atomic E-state index is -3.78. The molecule has 0 aliphatic carbocycles. The van der Waals surface area contributed by atoms with Crippen LogP contribution in [0.1, 0.15) is 20.8 Å². The van der Waals surface area contributed by atoms with E-state index in [1.165, 1.54) is 0 Å². The van der Waals surface area contributed by atoms with Gasteiger partial charge in [0.15, 0.2) is 5.65 Å². The van der Waals surface area contributed by atoms with Crippen molar-refractivity contribution in [1.29, 1.82) is 0 Å². The summed E-state index contributed by atoms with van der Waals surface area (Å²) in [6.45, 7) is 8.98. The maximum absolute atomic E-state index is 11.9. The van der Waals surface area contributed by atoms with Crippen LogP contribution in [0.3, 0.4) is 0 Å². The first-order chi connectivity index (χ1) is 13.7. The second-order valence-corrected chi connectivity index (χ2v) is 9.68. The molecule has 29 heavy (non-hydrogen) atoms. The third-order valence-corrected chi connectivity index (χ3v) is 6.03. The number of anilines is 2. The summed E-state index contributed by atoms with van der Waals surface area (Å²) in [6.07, 6.45) is 3.39. The van der Waals surface area contributed by atoms with Gasteiger partial charge in [0.2, 0.25) is 10.0 Å². The van der Waals surface area contributed by atoms with E-state index in [0.29, 0.717) is 31.9 Å². The first-order valence-corrected chi connectivity index (χ1v) is 11.0. The Labute approximate surface area is 170 Å². The van der Waals surface area contributed by atoms with Crippen LogP contribution in [0.15, 0.2) is 41.7 Å². The second kappa shape index (κ2) is 6.96. The average Bonchev–Trinajstić information content (AvgIpc) is 3.12. The van der Waals surface area contributed by atoms with Gasteiger partial charge in [-0.25, -0.2) is 28.2 Å². The van der Waals surface area contributed by atoms with Crippen LogP contribution in [0, 0.1) is 0 Å². The Morgan fingerprint density at radius 2 is 1.66 bits per heavy atom. The predicted octanol–water partition coefficient (Wildman–Crippen LogP) is 1.56. The molecule has 0 unspecified atom stereocenters. The van der Waals surface area contributed by atoms with Crippen LogP contribution in [0.5, 0.6) is 0 Å². The van der Waals surface area contributed by atoms with Crippen molar-refractivity contribution >= 4 is 32.6 Å². The van der Waals surface area contributed by atoms with Crippen LogP contribution < -0.4 is 14.9 Å². The Bertz CT molecular complexity index is 1140. The highest BCUT2D eigenvalue weighted by Gasteiger charge is 2.26. The van der Waals surface area contributed by atoms with Crippen LogP contribution in [-0.4, -0.2) is 54.3 Å². The molecule has 4 rings (SSSR count). The minimum Gasteiger partial charge on any atom is -0.367 e. The second-order valence-electron chi connectivity index (χ2n) is 8.15. The molecule has 0 bridgehead atoms. The lowest BCUT2D eigenvalue weighted by Gasteiger charge is -2.37. The number of rotatable bonds is 3. The molecule has 154 valence electrons. The van der Waals surface area contributed by atoms with Crippen LogP contribution in [0.2, 0.25) is 0 Å². The maximum atomic E-state index is 11.9. The molecule has 1 aliphatic rings. The van der Waals surface area contributed by atoms with Crippen molar-refractivity contribution in [1.82, 2.24) is 19.7 Å². The Morgan fingerprint density at radius 3 is 2.31 bits per heavy atom. The lowest BCUT2D eigenvalue weighted by molar-refractivity contribution is 0.366. The first-order valence-electron chi connectivity index (χ1n) is 9.47. The van der Waals surface area contributed by atoms with Gasteiger partial charge in [-0.2, -0.15) is 5.10 Å². The summed E-state index contributed by atoms with van der Waals surface area (Å²) in [6, 6.07) is 6.85. The topological polar surface area (TPSA) is 110 Å². The van der Waals surface area contributed by atoms with Gasteiger partial charge >= 0.3 is 0 Å². The van der Waals surface area contributed by atoms with Crippen molar-refractivity contribution in [2.45, 2.75) is 31.2 Å². The zero-order valence-electron chi connectivity index (χ0n) is 16.8. The van der Waals surface area contributed by atoms with Crippen molar-refractivity contribution < 1.29 is 8.42 Å². The Morgan fingerprint density at radius 1 is 1.00 bits per heavy atom. The van der Waals surface area contributed by atoms with E-state index in [0.717, 1.165) is 16.9 Å². The molecule has 3 aromatic rings. The zero-order chi connectivity index (χ0) is 20.8. The minimum absolute atomic E-state index is 0.157. The molecular formula is C19H25N7O2S. The highest BCUT2D eigenvalue weighted by Crippen LogP contribution is 2.29. The summed E-state index contributed by atoms with van der Waals surface area (Å²) in [5, 5.41) is 10.8. The number of piperazine rings is 1. The highest BCUT2D eigenvalue weighted by molar-refractivity contribution is 7.89. The molecule has 1 aliphatic heterocycles. The van der Waals surface area contributed by atoms with Gasteiger partial charge < -0.3 is 9.80 Å². The third-order valence-electron chi connectivity index (χ3n) is 5.07. The summed E-state index contributed by atoms with van der Waals surface area (Å²) >= 11 is 0. The lowest BCUT2D eigenvalue weighted by atomic mass is 10.1. The van der Waals surface area contributed by atoms with E-state index in [9.17, 15) is 8.42 Å². The van der Waals surface area contributed by atoms with Crippen molar-refractivity contribution in [2.24, 2.45) is 5.14 Å². The molecule has 0 spiro atoms. The van der Waals surface area contributed by atoms with Crippen molar-refractivity contribution in [3.63, 3.8) is 0 Å². The normalized spacial score (nSPS) is 15.9. The fraction of sp³-hybridized carbons (Fsp3) is 0.421. The molecule has 0 amide bonds. The molecule has 1 aromatic carbocycles. The quantitative estimate of drug-likeness (QED) is 0.691. The monoisotopic (exact) mass is 415 g/mol. The molecule has 2 aromatic heterocycles. The van der Waals surface area contributed by atoms with Crippen LogP contribution in [-0.2, 0) is 15.6 Å². The first kappa shape index (κ1) is 19.6. The number of hydrogen-bond acceptors (Lipinski definition) is 7. The molecule has 1 fully saturated rings. The molecule has 1 saturated heterocycles. The van der Waals surface area contributed by atoms with Crippen LogP contribution in [0.4, 0.5) is 11.5 Å². The van der Waals surface area contributed by atoms with E-state index in [-0.39, 0.29) is 10.4 Å². The van der Waals surface area contributed by atoms with Crippen molar-refractivity contribution in [2.75, 3.05) is 36.0 Å². The number of primary sulfonamides is 1. The molecular weight excluding hydrogens is 390 g/mol. The summed E-state index contributed by atoms with van der Waals surface area (Å²) in [5.41, 5.74) is 1.27. The Kier molecular flexibility index (Phi) is 4.70. The van der Waals surface area contributed by atoms with Gasteiger partial charge in [0.1, 0.15) is 17.0 Å². The molecule has 10 heteroatoms. The SMILES string of the molecule is CC(C)(C)n1ncc2c(N3CCN(c4ccccc4S(N)(=O)=O)CC3)ncnc21. The van der Waals surface area contributed by atoms with Gasteiger partial charge in [0, 0.05) is 26.2 Å². The molecule has 0 radical (unpaired) electrons. The fourth-order valence-electron chi connectivity index (χ4n) is 3.69. The number of benzene rings is 1. The Hall–Kier alpha value is -2.72. The molecule has 9 nitrogen and oxygen atoms in total. The van der Waals surface area contributed by atoms with E-state index >= 15 is 0 Å². The van der Waals surface area contributed by atoms with E-state index in [1.54, 1.807) is 24.5 Å². The van der Waals surface area contributed by atoms with Crippen LogP contribution in [0.25, 0.3) is 11.0 Å². The van der Waals surface area contributed by atoms with Crippen molar-refractivity contribution in [3.05, 3.63) is 36.8 Å². The molecule has 3 heterocycles. The smallest absolute Gasteiger partial charge is 0.240 e. The lowest BCUT2D eigenvalue weighted by Crippen LogP contribution is -2.47. The number of fused-ring (bicyclic) bond motifs is 1. The number of nitrogens with zero attached hydrogens (tertiary/aromatic N) is 6. The predicted molar refractivity (Wildman–Crippen MR) is 113 cm³/mol. The summed E-state index contributed by atoms with van der Waals surface area (Å²) < 4.78 is 25.8. The molecule has 2 N–H and O–H groups in total. The largest absolute Gasteiger partial charge is 0.367 e. The number of sulfonamides is 1. The maximum Gasteiger partial charge on any atom is 0.240 e. The van der Waals surface area contributed by atoms with E-state index in [4.69, 9.17) is 5.14 Å². The third kappa shape index (κ3) is 3.65. The van der Waals surface area contributed by atoms with Crippen molar-refractivity contribution in [3.8, 4) is 0 Å². The van der Waals surface area contributed by atoms with Gasteiger partial charge in [-0.15, -0.1) is 0 Å². The van der Waals surface area contributed by atoms with Gasteiger partial charge in [0.25, 0.3) is 0 Å². The highest BCUT2D eigenvalue weighted by atomic mass is 32.2. The summed E-state index contributed by atoms with van der Waals surface area (Å²) in [5.74, 6) is 0.852.